The second-order valence-corrected chi connectivity index (χ2v) is 15.9. The van der Waals surface area contributed by atoms with E-state index in [-0.39, 0.29) is 12.3 Å². The van der Waals surface area contributed by atoms with Crippen molar-refractivity contribution in [2.45, 2.75) is 64.0 Å². The van der Waals surface area contributed by atoms with Crippen LogP contribution in [0.15, 0.2) is 67.4 Å². The summed E-state index contributed by atoms with van der Waals surface area (Å²) in [4.78, 5) is 45.2. The molecule has 4 N–H and O–H groups in total. The van der Waals surface area contributed by atoms with Gasteiger partial charge >= 0.3 is 0 Å². The van der Waals surface area contributed by atoms with Crippen LogP contribution >= 0.6 is 47.8 Å². The molecule has 1 atom stereocenters. The molecule has 1 saturated heterocycles. The number of nitrogens with zero attached hydrogens (tertiary/aromatic N) is 7. The number of likely N-dealkylation sites (tertiary alicyclic amines) is 1. The van der Waals surface area contributed by atoms with Crippen LogP contribution in [0.3, 0.4) is 0 Å². The largest absolute Gasteiger partial charge is 0.396 e. The third kappa shape index (κ3) is 10.3. The SMILES string of the molecule is Brc1cnc2c(c1)N=C(C1CC1)C2.Nc1cc(Br)cnc1N.O=C1CC(C=C(F)F)CN1Cn1c(C2CC2)nc2cc(Br)cnc21.O=CC1CC1. The van der Waals surface area contributed by atoms with E-state index >= 15 is 0 Å². The van der Waals surface area contributed by atoms with Gasteiger partial charge in [-0.15, -0.1) is 0 Å². The lowest BCUT2D eigenvalue weighted by molar-refractivity contribution is -0.129. The predicted octanol–water partition coefficient (Wildman–Crippen LogP) is 8.14. The molecule has 0 radical (unpaired) electrons. The topological polar surface area (TPSA) is 158 Å². The molecule has 4 fully saturated rings. The van der Waals surface area contributed by atoms with Crippen LogP contribution in [0.25, 0.3) is 11.2 Å². The van der Waals surface area contributed by atoms with Crippen LogP contribution in [0.4, 0.5) is 26.0 Å². The van der Waals surface area contributed by atoms with Crippen LogP contribution in [-0.2, 0) is 22.7 Å². The summed E-state index contributed by atoms with van der Waals surface area (Å²) in [7, 11) is 0. The Kier molecular flexibility index (Phi) is 11.9. The van der Waals surface area contributed by atoms with Gasteiger partial charge in [-0.25, -0.2) is 15.0 Å². The fourth-order valence-electron chi connectivity index (χ4n) is 5.60. The van der Waals surface area contributed by atoms with E-state index in [1.54, 1.807) is 23.4 Å². The second kappa shape index (κ2) is 16.4. The molecule has 16 heteroatoms. The number of aliphatic imine (C=N–C) groups is 1. The van der Waals surface area contributed by atoms with Gasteiger partial charge in [0.15, 0.2) is 5.65 Å². The summed E-state index contributed by atoms with van der Waals surface area (Å²) in [6.07, 6.45) is 13.5. The zero-order valence-electron chi connectivity index (χ0n) is 27.5. The molecule has 1 amide bonds. The maximum Gasteiger partial charge on any atom is 0.266 e. The summed E-state index contributed by atoms with van der Waals surface area (Å²) in [6.45, 7) is 0.616. The monoisotopic (exact) mass is 889 g/mol. The number of aromatic nitrogens is 5. The van der Waals surface area contributed by atoms with Gasteiger partial charge in [0.2, 0.25) is 5.91 Å². The van der Waals surface area contributed by atoms with Gasteiger partial charge in [-0.3, -0.25) is 19.3 Å². The minimum absolute atomic E-state index is 0.113. The first-order valence-electron chi connectivity index (χ1n) is 16.6. The molecule has 2 aliphatic heterocycles. The summed E-state index contributed by atoms with van der Waals surface area (Å²) < 4.78 is 29.6. The first-order chi connectivity index (χ1) is 24.5. The Morgan fingerprint density at radius 3 is 2.16 bits per heavy atom. The summed E-state index contributed by atoms with van der Waals surface area (Å²) in [5, 5.41) is 0. The third-order valence-corrected chi connectivity index (χ3v) is 10.0. The lowest BCUT2D eigenvalue weighted by Gasteiger charge is -2.18. The van der Waals surface area contributed by atoms with Gasteiger partial charge in [-0.2, -0.15) is 8.78 Å². The molecule has 1 unspecified atom stereocenters. The standard InChI is InChI=1S/C16H15BrF2N4O.C10H9BrN2.C5H6BrN3.C4H6O/c17-11-5-12-16(20-6-11)23(15(21-12)10-1-2-10)8-22-7-9(3-13(18)19)4-14(22)24;11-7-3-10-9(12-5-7)4-8(13-10)6-1-2-6;6-3-1-4(7)5(8)9-2-3;5-3-4-1-2-4/h3,5-6,9-10H,1-2,4,7-8H2;3,5-6H,1-2,4H2;1-2H,7H2,(H2,8,9);3-4H,1-2H2. The number of carbonyl (C=O) groups excluding carboxylic acids is 2. The third-order valence-electron chi connectivity index (χ3n) is 8.75. The van der Waals surface area contributed by atoms with Gasteiger partial charge in [0, 0.05) is 74.9 Å². The van der Waals surface area contributed by atoms with Crippen molar-refractivity contribution >= 4 is 94.1 Å². The molecule has 9 rings (SSSR count). The van der Waals surface area contributed by atoms with Crippen molar-refractivity contribution in [1.82, 2.24) is 29.4 Å². The van der Waals surface area contributed by atoms with E-state index in [1.165, 1.54) is 18.6 Å². The quantitative estimate of drug-likeness (QED) is 0.184. The molecule has 6 heterocycles. The van der Waals surface area contributed by atoms with Crippen LogP contribution < -0.4 is 11.5 Å². The normalized spacial score (nSPS) is 18.8. The fraction of sp³-hybridized carbons (Fsp3) is 0.400. The molecule has 0 spiro atoms. The number of amides is 1. The van der Waals surface area contributed by atoms with E-state index in [0.29, 0.717) is 36.6 Å². The number of hydrogen-bond acceptors (Lipinski definition) is 9. The lowest BCUT2D eigenvalue weighted by atomic mass is 10.1. The van der Waals surface area contributed by atoms with Crippen LogP contribution in [-0.4, -0.2) is 53.9 Å². The van der Waals surface area contributed by atoms with Crippen molar-refractivity contribution in [1.29, 1.82) is 0 Å². The number of halogens is 5. The van der Waals surface area contributed by atoms with Crippen molar-refractivity contribution in [3.63, 3.8) is 0 Å². The van der Waals surface area contributed by atoms with Crippen LogP contribution in [0, 0.1) is 17.8 Å². The minimum Gasteiger partial charge on any atom is -0.396 e. The Morgan fingerprint density at radius 2 is 1.55 bits per heavy atom. The zero-order chi connectivity index (χ0) is 36.2. The Hall–Kier alpha value is -3.63. The van der Waals surface area contributed by atoms with E-state index in [2.05, 4.69) is 78.8 Å². The Bertz CT molecular complexity index is 1990. The van der Waals surface area contributed by atoms with Gasteiger partial charge in [0.05, 0.1) is 17.1 Å². The minimum atomic E-state index is -1.73. The van der Waals surface area contributed by atoms with Crippen molar-refractivity contribution in [2.24, 2.45) is 22.7 Å². The van der Waals surface area contributed by atoms with E-state index in [9.17, 15) is 18.4 Å². The highest BCUT2D eigenvalue weighted by molar-refractivity contribution is 9.11. The lowest BCUT2D eigenvalue weighted by Crippen LogP contribution is -2.28. The van der Waals surface area contributed by atoms with Crippen molar-refractivity contribution < 1.29 is 18.4 Å². The molecule has 4 aromatic heterocycles. The van der Waals surface area contributed by atoms with Crippen LogP contribution in [0.5, 0.6) is 0 Å². The predicted molar refractivity (Wildman–Crippen MR) is 202 cm³/mol. The Morgan fingerprint density at radius 1 is 0.882 bits per heavy atom. The number of hydrogen-bond donors (Lipinski definition) is 2. The molecule has 4 aromatic rings. The number of rotatable bonds is 6. The van der Waals surface area contributed by atoms with Gasteiger partial charge in [0.1, 0.15) is 30.1 Å². The zero-order valence-corrected chi connectivity index (χ0v) is 32.2. The summed E-state index contributed by atoms with van der Waals surface area (Å²) in [6, 6.07) is 5.67. The van der Waals surface area contributed by atoms with Gasteiger partial charge < -0.3 is 21.2 Å². The van der Waals surface area contributed by atoms with Crippen molar-refractivity contribution in [3.8, 4) is 0 Å². The number of fused-ring (bicyclic) bond motifs is 2. The highest BCUT2D eigenvalue weighted by Crippen LogP contribution is 2.41. The molecule has 51 heavy (non-hydrogen) atoms. The molecule has 3 aliphatic carbocycles. The van der Waals surface area contributed by atoms with Gasteiger partial charge in [0.25, 0.3) is 6.08 Å². The average Bonchev–Trinajstić information content (AvgIpc) is 4.00. The van der Waals surface area contributed by atoms with E-state index in [1.807, 2.05) is 16.8 Å². The maximum absolute atomic E-state index is 12.4. The maximum atomic E-state index is 12.4. The highest BCUT2D eigenvalue weighted by Gasteiger charge is 2.34. The van der Waals surface area contributed by atoms with Gasteiger partial charge in [-0.1, -0.05) is 0 Å². The summed E-state index contributed by atoms with van der Waals surface area (Å²) in [5.41, 5.74) is 16.3. The molecule has 0 bridgehead atoms. The number of nitrogen functional groups attached to an aromatic ring is 2. The van der Waals surface area contributed by atoms with E-state index in [4.69, 9.17) is 11.5 Å². The molecule has 268 valence electrons. The smallest absolute Gasteiger partial charge is 0.266 e. The number of carbonyl (C=O) groups is 2. The Labute approximate surface area is 318 Å². The number of anilines is 2. The van der Waals surface area contributed by atoms with Crippen molar-refractivity contribution in [3.05, 3.63) is 73.9 Å². The number of nitrogens with two attached hydrogens (primary N) is 2. The molecule has 3 saturated carbocycles. The molecule has 5 aliphatic rings. The first kappa shape index (κ1) is 37.1. The summed E-state index contributed by atoms with van der Waals surface area (Å²) >= 11 is 10.00. The Balaban J connectivity index is 0.000000137. The molecular formula is C35H36Br3F2N9O2. The van der Waals surface area contributed by atoms with Gasteiger partial charge in [-0.05, 0) is 117 Å². The number of aldehydes is 1. The average molecular weight is 892 g/mol. The van der Waals surface area contributed by atoms with E-state index < -0.39 is 12.0 Å². The molecular weight excluding hydrogens is 856 g/mol. The van der Waals surface area contributed by atoms with Crippen LogP contribution in [0.2, 0.25) is 0 Å². The number of imidazole rings is 1. The first-order valence-corrected chi connectivity index (χ1v) is 19.0. The number of pyridine rings is 3. The fourth-order valence-corrected chi connectivity index (χ4v) is 6.59. The van der Waals surface area contributed by atoms with Crippen LogP contribution in [0.1, 0.15) is 62.4 Å². The van der Waals surface area contributed by atoms with Crippen molar-refractivity contribution in [2.75, 3.05) is 18.0 Å². The highest BCUT2D eigenvalue weighted by atomic mass is 79.9. The van der Waals surface area contributed by atoms with E-state index in [0.717, 1.165) is 92.2 Å². The molecule has 0 aromatic carbocycles. The summed E-state index contributed by atoms with van der Waals surface area (Å²) in [5.74, 6) is 2.39. The molecule has 11 nitrogen and oxygen atoms in total. The second-order valence-electron chi connectivity index (χ2n) is 13.1.